The average Bonchev–Trinajstić information content (AvgIpc) is 3.69. The number of pyridine rings is 1. The van der Waals surface area contributed by atoms with E-state index in [1.165, 1.54) is 0 Å². The van der Waals surface area contributed by atoms with E-state index in [4.69, 9.17) is 24.9 Å². The van der Waals surface area contributed by atoms with Gasteiger partial charge in [0.05, 0.1) is 21.4 Å². The Morgan fingerprint density at radius 1 is 0.340 bits per heavy atom. The van der Waals surface area contributed by atoms with Gasteiger partial charge in [-0.05, 0) is 29.1 Å². The Morgan fingerprint density at radius 2 is 0.906 bits per heavy atom. The summed E-state index contributed by atoms with van der Waals surface area (Å²) in [7, 11) is 0. The van der Waals surface area contributed by atoms with Gasteiger partial charge in [-0.15, -0.1) is 11.3 Å². The molecule has 0 saturated carbocycles. The van der Waals surface area contributed by atoms with Crippen LogP contribution in [-0.4, -0.2) is 24.9 Å². The Labute approximate surface area is 310 Å². The van der Waals surface area contributed by atoms with E-state index in [9.17, 15) is 0 Å². The molecule has 0 spiro atoms. The second-order valence-electron chi connectivity index (χ2n) is 12.9. The summed E-state index contributed by atoms with van der Waals surface area (Å²) >= 11 is 1.71. The highest BCUT2D eigenvalue weighted by molar-refractivity contribution is 7.21. The van der Waals surface area contributed by atoms with Gasteiger partial charge in [-0.3, -0.25) is 0 Å². The number of hydrogen-bond donors (Lipinski definition) is 0. The van der Waals surface area contributed by atoms with Gasteiger partial charge >= 0.3 is 0 Å². The normalized spacial score (nSPS) is 11.4. The minimum absolute atomic E-state index is 0.592. The lowest BCUT2D eigenvalue weighted by molar-refractivity contribution is 1.07. The smallest absolute Gasteiger partial charge is 0.164 e. The molecule has 10 rings (SSSR count). The number of thiazole rings is 1. The van der Waals surface area contributed by atoms with Crippen LogP contribution in [0.4, 0.5) is 0 Å². The summed E-state index contributed by atoms with van der Waals surface area (Å²) in [5, 5.41) is 4.34. The molecule has 0 aliphatic rings. The molecule has 0 aliphatic heterocycles. The van der Waals surface area contributed by atoms with Gasteiger partial charge in [0.1, 0.15) is 5.01 Å². The number of aromatic nitrogens is 5. The number of para-hydroxylation sites is 2. The number of hydrogen-bond acceptors (Lipinski definition) is 6. The molecular formula is C47H29N5S. The summed E-state index contributed by atoms with van der Waals surface area (Å²) in [6.07, 6.45) is 0. The number of rotatable bonds is 6. The van der Waals surface area contributed by atoms with E-state index < -0.39 is 0 Å². The Bertz CT molecular complexity index is 2880. The van der Waals surface area contributed by atoms with Gasteiger partial charge in [-0.2, -0.15) is 0 Å². The standard InChI is InChI=1S/C47H29N5S/c1-4-15-30(16-5-1)44-50-45(31-17-6-2-7-18-31)52-46(51-44)33-27-28-35(38-24-14-26-41-43(38)49-47(53-41)32-19-8-3-9-20-32)39(29-33)42-37-23-11-10-21-34(37)36-22-12-13-25-40(36)48-42/h1-29H. The van der Waals surface area contributed by atoms with Gasteiger partial charge in [0.15, 0.2) is 17.5 Å². The minimum Gasteiger partial charge on any atom is -0.247 e. The van der Waals surface area contributed by atoms with Crippen molar-refractivity contribution in [1.82, 2.24) is 24.9 Å². The lowest BCUT2D eigenvalue weighted by Crippen LogP contribution is -2.01. The van der Waals surface area contributed by atoms with E-state index in [1.54, 1.807) is 11.3 Å². The fourth-order valence-electron chi connectivity index (χ4n) is 7.03. The van der Waals surface area contributed by atoms with Crippen molar-refractivity contribution in [2.24, 2.45) is 0 Å². The molecule has 0 saturated heterocycles. The average molecular weight is 696 g/mol. The molecule has 3 aromatic heterocycles. The summed E-state index contributed by atoms with van der Waals surface area (Å²) in [4.78, 5) is 25.7. The molecule has 5 nitrogen and oxygen atoms in total. The molecule has 0 unspecified atom stereocenters. The second-order valence-corrected chi connectivity index (χ2v) is 13.9. The largest absolute Gasteiger partial charge is 0.247 e. The summed E-state index contributed by atoms with van der Waals surface area (Å²) in [5.74, 6) is 1.83. The van der Waals surface area contributed by atoms with E-state index in [0.717, 1.165) is 81.5 Å². The van der Waals surface area contributed by atoms with Crippen molar-refractivity contribution in [3.63, 3.8) is 0 Å². The van der Waals surface area contributed by atoms with Crippen LogP contribution in [0.15, 0.2) is 176 Å². The Morgan fingerprint density at radius 3 is 1.58 bits per heavy atom. The first kappa shape index (κ1) is 30.9. The predicted octanol–water partition coefficient (Wildman–Crippen LogP) is 12.2. The zero-order chi connectivity index (χ0) is 35.1. The third kappa shape index (κ3) is 5.62. The molecule has 0 bridgehead atoms. The van der Waals surface area contributed by atoms with Crippen molar-refractivity contribution in [2.75, 3.05) is 0 Å². The van der Waals surface area contributed by atoms with Crippen molar-refractivity contribution in [2.45, 2.75) is 0 Å². The molecule has 3 heterocycles. The highest BCUT2D eigenvalue weighted by Gasteiger charge is 2.20. The Kier molecular flexibility index (Phi) is 7.59. The molecule has 53 heavy (non-hydrogen) atoms. The second kappa shape index (κ2) is 13.0. The first-order valence-electron chi connectivity index (χ1n) is 17.5. The monoisotopic (exact) mass is 695 g/mol. The van der Waals surface area contributed by atoms with Gasteiger partial charge in [0.25, 0.3) is 0 Å². The van der Waals surface area contributed by atoms with Crippen LogP contribution >= 0.6 is 11.3 Å². The van der Waals surface area contributed by atoms with E-state index in [2.05, 4.69) is 103 Å². The highest BCUT2D eigenvalue weighted by Crippen LogP contribution is 2.43. The van der Waals surface area contributed by atoms with E-state index in [0.29, 0.717) is 17.5 Å². The van der Waals surface area contributed by atoms with Gasteiger partial charge in [-0.1, -0.05) is 158 Å². The van der Waals surface area contributed by atoms with Gasteiger partial charge < -0.3 is 0 Å². The summed E-state index contributed by atoms with van der Waals surface area (Å²) in [6.45, 7) is 0. The predicted molar refractivity (Wildman–Crippen MR) is 218 cm³/mol. The third-order valence-electron chi connectivity index (χ3n) is 9.57. The van der Waals surface area contributed by atoms with Crippen molar-refractivity contribution < 1.29 is 0 Å². The first-order chi connectivity index (χ1) is 26.3. The summed E-state index contributed by atoms with van der Waals surface area (Å²) in [6, 6.07) is 60.4. The SMILES string of the molecule is c1ccc(-c2nc(-c3ccccc3)nc(-c3ccc(-c4cccc5sc(-c6ccccc6)nc45)c(-c4nc5ccccc5c5ccccc45)c3)n2)cc1. The van der Waals surface area contributed by atoms with Crippen LogP contribution in [0.5, 0.6) is 0 Å². The van der Waals surface area contributed by atoms with Crippen LogP contribution in [-0.2, 0) is 0 Å². The van der Waals surface area contributed by atoms with E-state index >= 15 is 0 Å². The van der Waals surface area contributed by atoms with Crippen molar-refractivity contribution >= 4 is 43.2 Å². The van der Waals surface area contributed by atoms with Crippen LogP contribution in [0.3, 0.4) is 0 Å². The molecule has 0 radical (unpaired) electrons. The van der Waals surface area contributed by atoms with E-state index in [-0.39, 0.29) is 0 Å². The van der Waals surface area contributed by atoms with E-state index in [1.807, 2.05) is 72.8 Å². The van der Waals surface area contributed by atoms with Crippen molar-refractivity contribution in [3.8, 4) is 67.1 Å². The maximum atomic E-state index is 5.39. The molecule has 0 atom stereocenters. The van der Waals surface area contributed by atoms with Gasteiger partial charge in [0, 0.05) is 44.2 Å². The van der Waals surface area contributed by atoms with Crippen molar-refractivity contribution in [1.29, 1.82) is 0 Å². The quantitative estimate of drug-likeness (QED) is 0.162. The molecule has 10 aromatic rings. The molecule has 6 heteroatoms. The first-order valence-corrected chi connectivity index (χ1v) is 18.3. The molecule has 0 aliphatic carbocycles. The maximum Gasteiger partial charge on any atom is 0.164 e. The van der Waals surface area contributed by atoms with Gasteiger partial charge in [-0.25, -0.2) is 24.9 Å². The zero-order valence-corrected chi connectivity index (χ0v) is 29.2. The van der Waals surface area contributed by atoms with Crippen LogP contribution in [0, 0.1) is 0 Å². The minimum atomic E-state index is 0.592. The molecule has 0 fully saturated rings. The molecule has 7 aromatic carbocycles. The summed E-state index contributed by atoms with van der Waals surface area (Å²) < 4.78 is 1.13. The lowest BCUT2D eigenvalue weighted by Gasteiger charge is -2.16. The van der Waals surface area contributed by atoms with Crippen molar-refractivity contribution in [3.05, 3.63) is 176 Å². The fourth-order valence-corrected chi connectivity index (χ4v) is 8.03. The molecule has 0 amide bonds. The number of nitrogens with zero attached hydrogens (tertiary/aromatic N) is 5. The third-order valence-corrected chi connectivity index (χ3v) is 10.6. The van der Waals surface area contributed by atoms with Crippen LogP contribution < -0.4 is 0 Å². The number of benzene rings is 7. The van der Waals surface area contributed by atoms with Crippen LogP contribution in [0.2, 0.25) is 0 Å². The summed E-state index contributed by atoms with van der Waals surface area (Å²) in [5.41, 5.74) is 9.70. The fraction of sp³-hybridized carbons (Fsp3) is 0. The molecule has 248 valence electrons. The lowest BCUT2D eigenvalue weighted by atomic mass is 9.91. The highest BCUT2D eigenvalue weighted by atomic mass is 32.1. The molecule has 0 N–H and O–H groups in total. The van der Waals surface area contributed by atoms with Crippen LogP contribution in [0.25, 0.3) is 99.0 Å². The number of fused-ring (bicyclic) bond motifs is 4. The van der Waals surface area contributed by atoms with Crippen LogP contribution in [0.1, 0.15) is 0 Å². The topological polar surface area (TPSA) is 64.5 Å². The molecular weight excluding hydrogens is 667 g/mol. The Balaban J connectivity index is 1.25. The van der Waals surface area contributed by atoms with Gasteiger partial charge in [0.2, 0.25) is 0 Å². The maximum absolute atomic E-state index is 5.39. The Hall–Kier alpha value is -6.89. The zero-order valence-electron chi connectivity index (χ0n) is 28.4.